The van der Waals surface area contributed by atoms with Crippen molar-refractivity contribution in [2.75, 3.05) is 13.2 Å². The smallest absolute Gasteiger partial charge is 0.331 e. The molecular formula is C25H32N2O4. The second-order valence-corrected chi connectivity index (χ2v) is 7.70. The standard InChI is InChI=1S/C25H32N2O4/c1-3-4-5-9-12-24(26-31-19(2)29)23-18-27(20-10-7-6-8-11-20)25-14-13-21(17-22(23)25)30-16-15-28/h7,10-11,13-14,17-18,28H,3-6,8-9,12,15-16H2,1-2H3/b26-24+. The number of carbonyl (C=O) groups is 1. The van der Waals surface area contributed by atoms with Crippen LogP contribution in [-0.2, 0) is 9.63 Å². The Morgan fingerprint density at radius 3 is 2.81 bits per heavy atom. The molecule has 0 atom stereocenters. The van der Waals surface area contributed by atoms with Crippen molar-refractivity contribution in [2.45, 2.75) is 58.8 Å². The van der Waals surface area contributed by atoms with E-state index in [1.807, 2.05) is 18.2 Å². The predicted octanol–water partition coefficient (Wildman–Crippen LogP) is 5.44. The van der Waals surface area contributed by atoms with Crippen LogP contribution >= 0.6 is 0 Å². The van der Waals surface area contributed by atoms with Crippen molar-refractivity contribution in [1.82, 2.24) is 4.57 Å². The van der Waals surface area contributed by atoms with Crippen molar-refractivity contribution in [3.8, 4) is 5.75 Å². The van der Waals surface area contributed by atoms with Crippen molar-refractivity contribution in [3.63, 3.8) is 0 Å². The van der Waals surface area contributed by atoms with E-state index >= 15 is 0 Å². The highest BCUT2D eigenvalue weighted by Gasteiger charge is 2.17. The minimum absolute atomic E-state index is 0.0415. The van der Waals surface area contributed by atoms with Crippen molar-refractivity contribution in [3.05, 3.63) is 48.2 Å². The molecule has 0 aliphatic heterocycles. The highest BCUT2D eigenvalue weighted by atomic mass is 16.7. The molecule has 3 rings (SSSR count). The maximum Gasteiger partial charge on any atom is 0.331 e. The summed E-state index contributed by atoms with van der Waals surface area (Å²) in [6, 6.07) is 5.91. The summed E-state index contributed by atoms with van der Waals surface area (Å²) < 4.78 is 7.81. The fourth-order valence-corrected chi connectivity index (χ4v) is 3.75. The Hall–Kier alpha value is -2.86. The van der Waals surface area contributed by atoms with Crippen molar-refractivity contribution in [2.24, 2.45) is 5.16 Å². The molecule has 1 heterocycles. The van der Waals surface area contributed by atoms with Gasteiger partial charge in [-0.05, 0) is 50.0 Å². The topological polar surface area (TPSA) is 73.0 Å². The summed E-state index contributed by atoms with van der Waals surface area (Å²) in [5, 5.41) is 14.3. The summed E-state index contributed by atoms with van der Waals surface area (Å²) in [5.41, 5.74) is 3.84. The van der Waals surface area contributed by atoms with Gasteiger partial charge in [-0.1, -0.05) is 43.5 Å². The van der Waals surface area contributed by atoms with E-state index in [1.165, 1.54) is 13.3 Å². The average Bonchev–Trinajstić information content (AvgIpc) is 3.16. The molecule has 0 saturated carbocycles. The van der Waals surface area contributed by atoms with E-state index < -0.39 is 5.97 Å². The van der Waals surface area contributed by atoms with Gasteiger partial charge < -0.3 is 19.2 Å². The van der Waals surface area contributed by atoms with Crippen molar-refractivity contribution < 1.29 is 19.5 Å². The zero-order valence-corrected chi connectivity index (χ0v) is 18.5. The monoisotopic (exact) mass is 424 g/mol. The molecule has 0 bridgehead atoms. The molecule has 0 unspecified atom stereocenters. The van der Waals surface area contributed by atoms with Crippen LogP contribution in [0, 0.1) is 0 Å². The van der Waals surface area contributed by atoms with Crippen LogP contribution in [0.25, 0.3) is 16.6 Å². The largest absolute Gasteiger partial charge is 0.491 e. The zero-order valence-electron chi connectivity index (χ0n) is 18.5. The summed E-state index contributed by atoms with van der Waals surface area (Å²) >= 11 is 0. The molecule has 0 saturated heterocycles. The van der Waals surface area contributed by atoms with Gasteiger partial charge in [0.15, 0.2) is 0 Å². The Labute approximate surface area is 183 Å². The number of allylic oxidation sites excluding steroid dienone is 4. The van der Waals surface area contributed by atoms with Gasteiger partial charge in [-0.25, -0.2) is 4.79 Å². The summed E-state index contributed by atoms with van der Waals surface area (Å²) in [7, 11) is 0. The summed E-state index contributed by atoms with van der Waals surface area (Å²) in [5.74, 6) is 0.256. The Morgan fingerprint density at radius 2 is 2.10 bits per heavy atom. The summed E-state index contributed by atoms with van der Waals surface area (Å²) in [4.78, 5) is 16.5. The number of aromatic nitrogens is 1. The molecule has 31 heavy (non-hydrogen) atoms. The van der Waals surface area contributed by atoms with Crippen molar-refractivity contribution in [1.29, 1.82) is 0 Å². The fourth-order valence-electron chi connectivity index (χ4n) is 3.75. The molecule has 0 amide bonds. The Morgan fingerprint density at radius 1 is 1.23 bits per heavy atom. The van der Waals surface area contributed by atoms with Crippen LogP contribution < -0.4 is 4.74 Å². The summed E-state index contributed by atoms with van der Waals surface area (Å²) in [6.07, 6.45) is 15.8. The van der Waals surface area contributed by atoms with Gasteiger partial charge in [0.2, 0.25) is 0 Å². The van der Waals surface area contributed by atoms with E-state index in [0.29, 0.717) is 5.75 Å². The van der Waals surface area contributed by atoms with E-state index in [4.69, 9.17) is 14.7 Å². The number of hydrogen-bond acceptors (Lipinski definition) is 5. The highest BCUT2D eigenvalue weighted by Crippen LogP contribution is 2.31. The SMILES string of the molecule is CCCCCC/C(=N\OC(C)=O)c1cn(C2=CCCC=C2)c2ccc(OCCO)cc12. The van der Waals surface area contributed by atoms with E-state index in [9.17, 15) is 4.79 Å². The van der Waals surface area contributed by atoms with Gasteiger partial charge in [0.05, 0.1) is 17.8 Å². The lowest BCUT2D eigenvalue weighted by Gasteiger charge is -2.10. The minimum Gasteiger partial charge on any atom is -0.491 e. The average molecular weight is 425 g/mol. The maximum atomic E-state index is 11.4. The van der Waals surface area contributed by atoms with Crippen LogP contribution in [0.1, 0.15) is 64.4 Å². The second kappa shape index (κ2) is 11.5. The van der Waals surface area contributed by atoms with Gasteiger partial charge in [-0.2, -0.15) is 0 Å². The van der Waals surface area contributed by atoms with E-state index in [-0.39, 0.29) is 13.2 Å². The normalized spacial score (nSPS) is 14.0. The molecule has 0 radical (unpaired) electrons. The Kier molecular flexibility index (Phi) is 8.47. The third-order valence-electron chi connectivity index (χ3n) is 5.25. The first-order chi connectivity index (χ1) is 15.1. The van der Waals surface area contributed by atoms with Crippen LogP contribution in [0.15, 0.2) is 47.8 Å². The van der Waals surface area contributed by atoms with Gasteiger partial charge in [0, 0.05) is 29.8 Å². The Balaban J connectivity index is 2.06. The number of carbonyl (C=O) groups excluding carboxylic acids is 1. The molecule has 6 nitrogen and oxygen atoms in total. The minimum atomic E-state index is -0.431. The number of rotatable bonds is 11. The molecule has 1 N–H and O–H groups in total. The van der Waals surface area contributed by atoms with Crippen LogP contribution in [0.5, 0.6) is 5.75 Å². The van der Waals surface area contributed by atoms with E-state index in [1.54, 1.807) is 0 Å². The highest BCUT2D eigenvalue weighted by molar-refractivity contribution is 6.12. The first kappa shape index (κ1) is 22.8. The molecular weight excluding hydrogens is 392 g/mol. The molecule has 0 spiro atoms. The molecule has 1 aliphatic carbocycles. The van der Waals surface area contributed by atoms with Gasteiger partial charge in [0.25, 0.3) is 0 Å². The van der Waals surface area contributed by atoms with Gasteiger partial charge in [-0.15, -0.1) is 0 Å². The zero-order chi connectivity index (χ0) is 22.1. The van der Waals surface area contributed by atoms with Gasteiger partial charge in [-0.3, -0.25) is 0 Å². The third-order valence-corrected chi connectivity index (χ3v) is 5.25. The van der Waals surface area contributed by atoms with E-state index in [0.717, 1.165) is 66.4 Å². The Bertz CT molecular complexity index is 985. The molecule has 6 heteroatoms. The maximum absolute atomic E-state index is 11.4. The van der Waals surface area contributed by atoms with E-state index in [2.05, 4.69) is 41.1 Å². The number of benzene rings is 1. The number of oxime groups is 1. The van der Waals surface area contributed by atoms with Gasteiger partial charge in [0.1, 0.15) is 12.4 Å². The molecule has 166 valence electrons. The first-order valence-electron chi connectivity index (χ1n) is 11.1. The lowest BCUT2D eigenvalue weighted by atomic mass is 10.0. The number of hydrogen-bond donors (Lipinski definition) is 1. The third kappa shape index (κ3) is 6.07. The first-order valence-corrected chi connectivity index (χ1v) is 11.1. The van der Waals surface area contributed by atoms with Crippen LogP contribution in [0.3, 0.4) is 0 Å². The number of aliphatic hydroxyl groups is 1. The number of unbranched alkanes of at least 4 members (excludes halogenated alkanes) is 3. The number of ether oxygens (including phenoxy) is 1. The van der Waals surface area contributed by atoms with Crippen LogP contribution in [0.2, 0.25) is 0 Å². The number of fused-ring (bicyclic) bond motifs is 1. The second-order valence-electron chi connectivity index (χ2n) is 7.70. The molecule has 1 aromatic carbocycles. The predicted molar refractivity (Wildman–Crippen MR) is 124 cm³/mol. The molecule has 1 aromatic heterocycles. The summed E-state index contributed by atoms with van der Waals surface area (Å²) in [6.45, 7) is 3.74. The number of aliphatic hydroxyl groups excluding tert-OH is 1. The fraction of sp³-hybridized carbons (Fsp3) is 0.440. The van der Waals surface area contributed by atoms with Crippen molar-refractivity contribution >= 4 is 28.3 Å². The lowest BCUT2D eigenvalue weighted by Crippen LogP contribution is -2.05. The molecule has 2 aromatic rings. The van der Waals surface area contributed by atoms with Crippen LogP contribution in [-0.4, -0.2) is 34.6 Å². The van der Waals surface area contributed by atoms with Crippen LogP contribution in [0.4, 0.5) is 0 Å². The molecule has 0 fully saturated rings. The lowest BCUT2D eigenvalue weighted by molar-refractivity contribution is -0.140. The molecule has 1 aliphatic rings. The quantitative estimate of drug-likeness (QED) is 0.226. The van der Waals surface area contributed by atoms with Gasteiger partial charge >= 0.3 is 5.97 Å². The number of nitrogens with zero attached hydrogens (tertiary/aromatic N) is 2.